The van der Waals surface area contributed by atoms with E-state index in [0.29, 0.717) is 26.0 Å². The van der Waals surface area contributed by atoms with Gasteiger partial charge in [-0.05, 0) is 31.7 Å². The van der Waals surface area contributed by atoms with Gasteiger partial charge in [0.25, 0.3) is 0 Å². The minimum absolute atomic E-state index is 0.00678. The molecule has 1 amide bonds. The molecule has 0 bridgehead atoms. The molecular formula is C13H24N2O3. The van der Waals surface area contributed by atoms with Crippen molar-refractivity contribution in [1.29, 1.82) is 0 Å². The molecule has 0 spiro atoms. The number of carbonyl (C=O) groups is 1. The van der Waals surface area contributed by atoms with Crippen molar-refractivity contribution in [2.45, 2.75) is 50.7 Å². The Kier molecular flexibility index (Phi) is 3.94. The quantitative estimate of drug-likeness (QED) is 0.654. The van der Waals surface area contributed by atoms with E-state index in [9.17, 15) is 9.90 Å². The second-order valence-electron chi connectivity index (χ2n) is 5.88. The summed E-state index contributed by atoms with van der Waals surface area (Å²) in [5.74, 6) is -0.00678. The molecule has 0 radical (unpaired) electrons. The van der Waals surface area contributed by atoms with Gasteiger partial charge >= 0.3 is 0 Å². The van der Waals surface area contributed by atoms with E-state index in [-0.39, 0.29) is 24.0 Å². The molecule has 2 unspecified atom stereocenters. The van der Waals surface area contributed by atoms with Gasteiger partial charge < -0.3 is 20.9 Å². The summed E-state index contributed by atoms with van der Waals surface area (Å²) in [5.41, 5.74) is 4.84. The first-order valence-corrected chi connectivity index (χ1v) is 6.80. The zero-order valence-electron chi connectivity index (χ0n) is 11.1. The van der Waals surface area contributed by atoms with Crippen LogP contribution in [0.25, 0.3) is 0 Å². The van der Waals surface area contributed by atoms with Crippen LogP contribution in [0.15, 0.2) is 0 Å². The van der Waals surface area contributed by atoms with Crippen molar-refractivity contribution >= 4 is 5.91 Å². The molecule has 1 heterocycles. The van der Waals surface area contributed by atoms with E-state index in [1.807, 2.05) is 6.92 Å². The maximum Gasteiger partial charge on any atom is 0.220 e. The predicted octanol–water partition coefficient (Wildman–Crippen LogP) is 0.162. The predicted molar refractivity (Wildman–Crippen MR) is 67.9 cm³/mol. The molecule has 5 heteroatoms. The summed E-state index contributed by atoms with van der Waals surface area (Å²) >= 11 is 0. The van der Waals surface area contributed by atoms with Crippen LogP contribution in [-0.2, 0) is 9.53 Å². The molecule has 0 aromatic carbocycles. The Bertz CT molecular complexity index is 312. The number of aliphatic hydroxyl groups is 1. The first kappa shape index (κ1) is 13.8. The highest BCUT2D eigenvalue weighted by molar-refractivity contribution is 5.77. The Labute approximate surface area is 108 Å². The fraction of sp³-hybridized carbons (Fsp3) is 0.923. The summed E-state index contributed by atoms with van der Waals surface area (Å²) in [6.45, 7) is 3.24. The van der Waals surface area contributed by atoms with Gasteiger partial charge in [-0.25, -0.2) is 0 Å². The summed E-state index contributed by atoms with van der Waals surface area (Å²) in [4.78, 5) is 11.9. The molecule has 5 nitrogen and oxygen atoms in total. The maximum absolute atomic E-state index is 11.9. The highest BCUT2D eigenvalue weighted by Gasteiger charge is 2.41. The lowest BCUT2D eigenvalue weighted by atomic mass is 9.66. The number of nitrogens with two attached hydrogens (primary N) is 1. The van der Waals surface area contributed by atoms with Crippen LogP contribution >= 0.6 is 0 Å². The van der Waals surface area contributed by atoms with E-state index in [4.69, 9.17) is 10.5 Å². The number of amides is 1. The lowest BCUT2D eigenvalue weighted by Gasteiger charge is -2.40. The van der Waals surface area contributed by atoms with Gasteiger partial charge in [0.05, 0.1) is 6.10 Å². The molecule has 0 aromatic heterocycles. The minimum atomic E-state index is -0.912. The summed E-state index contributed by atoms with van der Waals surface area (Å²) in [5, 5.41) is 13.1. The molecular weight excluding hydrogens is 232 g/mol. The lowest BCUT2D eigenvalue weighted by Crippen LogP contribution is -2.49. The fourth-order valence-corrected chi connectivity index (χ4v) is 2.79. The van der Waals surface area contributed by atoms with Crippen molar-refractivity contribution in [3.63, 3.8) is 0 Å². The van der Waals surface area contributed by atoms with Crippen LogP contribution < -0.4 is 11.1 Å². The first-order chi connectivity index (χ1) is 8.50. The zero-order valence-corrected chi connectivity index (χ0v) is 11.1. The van der Waals surface area contributed by atoms with Gasteiger partial charge in [0.2, 0.25) is 5.91 Å². The van der Waals surface area contributed by atoms with Gasteiger partial charge in [-0.15, -0.1) is 0 Å². The smallest absolute Gasteiger partial charge is 0.220 e. The largest absolute Gasteiger partial charge is 0.385 e. The third-order valence-corrected chi connectivity index (χ3v) is 4.63. The van der Waals surface area contributed by atoms with Crippen LogP contribution in [0.3, 0.4) is 0 Å². The summed E-state index contributed by atoms with van der Waals surface area (Å²) < 4.78 is 5.33. The average Bonchev–Trinajstić information content (AvgIpc) is 2.62. The minimum Gasteiger partial charge on any atom is -0.385 e. The van der Waals surface area contributed by atoms with Crippen molar-refractivity contribution in [2.75, 3.05) is 19.7 Å². The Morgan fingerprint density at radius 3 is 2.67 bits per heavy atom. The van der Waals surface area contributed by atoms with Gasteiger partial charge in [0.15, 0.2) is 0 Å². The molecule has 1 aliphatic carbocycles. The summed E-state index contributed by atoms with van der Waals surface area (Å²) in [6.07, 6.45) is 4.09. The van der Waals surface area contributed by atoms with Crippen LogP contribution in [0.2, 0.25) is 0 Å². The molecule has 1 saturated carbocycles. The molecule has 2 atom stereocenters. The number of hydrogen-bond acceptors (Lipinski definition) is 4. The molecule has 104 valence electrons. The van der Waals surface area contributed by atoms with Gasteiger partial charge in [-0.1, -0.05) is 6.42 Å². The second-order valence-corrected chi connectivity index (χ2v) is 5.88. The number of rotatable bonds is 5. The SMILES string of the molecule is CC1OCCC1(O)CNC(=O)CC1(CN)CCC1. The number of nitrogens with one attached hydrogen (secondary N) is 1. The highest BCUT2D eigenvalue weighted by Crippen LogP contribution is 2.42. The Hall–Kier alpha value is -0.650. The molecule has 2 fully saturated rings. The molecule has 18 heavy (non-hydrogen) atoms. The topological polar surface area (TPSA) is 84.6 Å². The number of hydrogen-bond donors (Lipinski definition) is 3. The van der Waals surface area contributed by atoms with E-state index >= 15 is 0 Å². The van der Waals surface area contributed by atoms with E-state index in [1.54, 1.807) is 0 Å². The molecule has 2 rings (SSSR count). The molecule has 0 aromatic rings. The Balaban J connectivity index is 1.78. The normalized spacial score (nSPS) is 34.1. The molecule has 4 N–H and O–H groups in total. The van der Waals surface area contributed by atoms with Gasteiger partial charge in [-0.2, -0.15) is 0 Å². The first-order valence-electron chi connectivity index (χ1n) is 6.80. The summed E-state index contributed by atoms with van der Waals surface area (Å²) in [6, 6.07) is 0. The third kappa shape index (κ3) is 2.68. The lowest BCUT2D eigenvalue weighted by molar-refractivity contribution is -0.126. The van der Waals surface area contributed by atoms with Gasteiger partial charge in [-0.3, -0.25) is 4.79 Å². The Morgan fingerprint density at radius 2 is 2.22 bits per heavy atom. The van der Waals surface area contributed by atoms with Gasteiger partial charge in [0.1, 0.15) is 5.60 Å². The van der Waals surface area contributed by atoms with Crippen LogP contribution in [0.4, 0.5) is 0 Å². The van der Waals surface area contributed by atoms with Crippen LogP contribution in [0.1, 0.15) is 39.0 Å². The van der Waals surface area contributed by atoms with E-state index in [1.165, 1.54) is 6.42 Å². The standard InChI is InChI=1S/C13H24N2O3/c1-10-13(17,5-6-18-10)9-15-11(16)7-12(8-14)3-2-4-12/h10,17H,2-9,14H2,1H3,(H,15,16). The second kappa shape index (κ2) is 5.15. The van der Waals surface area contributed by atoms with Crippen molar-refractivity contribution in [3.05, 3.63) is 0 Å². The van der Waals surface area contributed by atoms with Crippen molar-refractivity contribution in [3.8, 4) is 0 Å². The van der Waals surface area contributed by atoms with E-state index < -0.39 is 5.60 Å². The molecule has 1 aliphatic heterocycles. The average molecular weight is 256 g/mol. The number of carbonyl (C=O) groups excluding carboxylic acids is 1. The molecule has 1 saturated heterocycles. The monoisotopic (exact) mass is 256 g/mol. The third-order valence-electron chi connectivity index (χ3n) is 4.63. The number of ether oxygens (including phenoxy) is 1. The van der Waals surface area contributed by atoms with Crippen molar-refractivity contribution in [1.82, 2.24) is 5.32 Å². The van der Waals surface area contributed by atoms with E-state index in [0.717, 1.165) is 12.8 Å². The van der Waals surface area contributed by atoms with E-state index in [2.05, 4.69) is 5.32 Å². The highest BCUT2D eigenvalue weighted by atomic mass is 16.5. The zero-order chi connectivity index (χ0) is 13.2. The fourth-order valence-electron chi connectivity index (χ4n) is 2.79. The molecule has 2 aliphatic rings. The van der Waals surface area contributed by atoms with Crippen LogP contribution in [-0.4, -0.2) is 42.4 Å². The van der Waals surface area contributed by atoms with Gasteiger partial charge in [0, 0.05) is 26.0 Å². The van der Waals surface area contributed by atoms with Crippen LogP contribution in [0, 0.1) is 5.41 Å². The van der Waals surface area contributed by atoms with Crippen molar-refractivity contribution in [2.24, 2.45) is 11.1 Å². The van der Waals surface area contributed by atoms with Crippen molar-refractivity contribution < 1.29 is 14.6 Å². The summed E-state index contributed by atoms with van der Waals surface area (Å²) in [7, 11) is 0. The maximum atomic E-state index is 11.9. The Morgan fingerprint density at radius 1 is 1.50 bits per heavy atom. The van der Waals surface area contributed by atoms with Crippen LogP contribution in [0.5, 0.6) is 0 Å².